The molecule has 0 saturated carbocycles. The molecule has 0 spiro atoms. The van der Waals surface area contributed by atoms with Crippen molar-refractivity contribution in [1.82, 2.24) is 19.8 Å². The molecule has 10 heteroatoms. The predicted octanol–water partition coefficient (Wildman–Crippen LogP) is 7.11. The highest BCUT2D eigenvalue weighted by Crippen LogP contribution is 2.25. The van der Waals surface area contributed by atoms with Crippen LogP contribution >= 0.6 is 0 Å². The minimum atomic E-state index is -0.433. The van der Waals surface area contributed by atoms with Gasteiger partial charge in [-0.25, -0.2) is 14.8 Å². The monoisotopic (exact) mass is 635 g/mol. The number of aryl methyl sites for hydroxylation is 1. The summed E-state index contributed by atoms with van der Waals surface area (Å²) in [7, 11) is 0. The Morgan fingerprint density at radius 2 is 1.49 bits per heavy atom. The number of nitrogens with one attached hydrogen (secondary N) is 1. The highest BCUT2D eigenvalue weighted by Gasteiger charge is 2.25. The van der Waals surface area contributed by atoms with Gasteiger partial charge in [-0.2, -0.15) is 0 Å². The minimum Gasteiger partial charge on any atom is -0.493 e. The molecule has 2 aliphatic rings. The largest absolute Gasteiger partial charge is 0.493 e. The Balaban J connectivity index is 0.895. The van der Waals surface area contributed by atoms with Gasteiger partial charge in [0.2, 0.25) is 11.8 Å². The normalized spacial score (nSPS) is 15.6. The lowest BCUT2D eigenvalue weighted by atomic mass is 9.98. The van der Waals surface area contributed by atoms with Gasteiger partial charge < -0.3 is 24.4 Å². The number of ether oxygens (including phenoxy) is 3. The maximum Gasteiger partial charge on any atom is 0.416 e. The second-order valence-corrected chi connectivity index (χ2v) is 12.2. The van der Waals surface area contributed by atoms with Gasteiger partial charge in [0.25, 0.3) is 5.91 Å². The summed E-state index contributed by atoms with van der Waals surface area (Å²) in [6.07, 6.45) is 8.27. The SMILES string of the molecule is Cc1ccc(Oc2ccc(OCC3CCN(C(=O)Oc4ccc(NC(=O)c5ccc(CN6CCCCC6)cc5)cn4)CC3)cc2)nc1. The first-order valence-corrected chi connectivity index (χ1v) is 16.4. The second-order valence-electron chi connectivity index (χ2n) is 12.2. The predicted molar refractivity (Wildman–Crippen MR) is 179 cm³/mol. The summed E-state index contributed by atoms with van der Waals surface area (Å²) in [5.41, 5.74) is 3.39. The third-order valence-electron chi connectivity index (χ3n) is 8.55. The summed E-state index contributed by atoms with van der Waals surface area (Å²) < 4.78 is 17.3. The number of anilines is 1. The lowest BCUT2D eigenvalue weighted by Crippen LogP contribution is -2.41. The Bertz CT molecular complexity index is 1600. The molecule has 2 aromatic heterocycles. The number of hydrogen-bond acceptors (Lipinski definition) is 8. The van der Waals surface area contributed by atoms with Crippen molar-refractivity contribution in [3.63, 3.8) is 0 Å². The highest BCUT2D eigenvalue weighted by atomic mass is 16.6. The third kappa shape index (κ3) is 9.29. The van der Waals surface area contributed by atoms with Crippen LogP contribution in [0.5, 0.6) is 23.3 Å². The molecule has 2 amide bonds. The van der Waals surface area contributed by atoms with Crippen LogP contribution in [0.4, 0.5) is 10.5 Å². The summed E-state index contributed by atoms with van der Waals surface area (Å²) in [6.45, 7) is 6.89. The van der Waals surface area contributed by atoms with Gasteiger partial charge in [-0.3, -0.25) is 9.69 Å². The number of rotatable bonds is 10. The Kier molecular flexibility index (Phi) is 10.6. The van der Waals surface area contributed by atoms with Crippen LogP contribution < -0.4 is 19.5 Å². The van der Waals surface area contributed by atoms with Crippen LogP contribution in [0.1, 0.15) is 53.6 Å². The van der Waals surface area contributed by atoms with Crippen molar-refractivity contribution in [2.75, 3.05) is 38.1 Å². The average Bonchev–Trinajstić information content (AvgIpc) is 3.11. The molecule has 2 aromatic carbocycles. The number of pyridine rings is 2. The molecule has 244 valence electrons. The zero-order chi connectivity index (χ0) is 32.4. The Morgan fingerprint density at radius 3 is 2.17 bits per heavy atom. The third-order valence-corrected chi connectivity index (χ3v) is 8.55. The minimum absolute atomic E-state index is 0.186. The average molecular weight is 636 g/mol. The maximum absolute atomic E-state index is 12.8. The van der Waals surface area contributed by atoms with Crippen LogP contribution in [0, 0.1) is 12.8 Å². The number of carbonyl (C=O) groups excluding carboxylic acids is 2. The number of nitrogens with zero attached hydrogens (tertiary/aromatic N) is 4. The van der Waals surface area contributed by atoms with Crippen LogP contribution in [0.15, 0.2) is 85.2 Å². The van der Waals surface area contributed by atoms with Gasteiger partial charge >= 0.3 is 6.09 Å². The van der Waals surface area contributed by atoms with E-state index < -0.39 is 6.09 Å². The van der Waals surface area contributed by atoms with Crippen molar-refractivity contribution in [2.24, 2.45) is 5.92 Å². The van der Waals surface area contributed by atoms with E-state index in [-0.39, 0.29) is 11.8 Å². The first-order valence-electron chi connectivity index (χ1n) is 16.4. The molecule has 0 bridgehead atoms. The molecule has 6 rings (SSSR count). The molecular weight excluding hydrogens is 594 g/mol. The van der Waals surface area contributed by atoms with E-state index in [1.54, 1.807) is 23.2 Å². The molecule has 0 radical (unpaired) electrons. The van der Waals surface area contributed by atoms with Crippen molar-refractivity contribution in [2.45, 2.75) is 45.6 Å². The lowest BCUT2D eigenvalue weighted by molar-refractivity contribution is 0.102. The zero-order valence-electron chi connectivity index (χ0n) is 26.8. The summed E-state index contributed by atoms with van der Waals surface area (Å²) in [4.78, 5) is 38.2. The Morgan fingerprint density at radius 1 is 0.787 bits per heavy atom. The quantitative estimate of drug-likeness (QED) is 0.197. The van der Waals surface area contributed by atoms with Crippen LogP contribution in [0.3, 0.4) is 0 Å². The van der Waals surface area contributed by atoms with Crippen LogP contribution in [0.2, 0.25) is 0 Å². The summed E-state index contributed by atoms with van der Waals surface area (Å²) in [5, 5.41) is 2.86. The Hall–Kier alpha value is -4.96. The molecule has 47 heavy (non-hydrogen) atoms. The van der Waals surface area contributed by atoms with Gasteiger partial charge in [0.15, 0.2) is 0 Å². The summed E-state index contributed by atoms with van der Waals surface area (Å²) >= 11 is 0. The molecule has 4 heterocycles. The first kappa shape index (κ1) is 32.0. The van der Waals surface area contributed by atoms with E-state index in [9.17, 15) is 9.59 Å². The van der Waals surface area contributed by atoms with Gasteiger partial charge in [0.05, 0.1) is 18.5 Å². The standard InChI is InChI=1S/C37H41N5O5/c1-27-5-15-34(38-23-27)46-33-13-11-32(12-14-33)45-26-29-17-21-42(22-18-29)37(44)47-35-16-10-31(24-39-35)40-36(43)30-8-6-28(7-9-30)25-41-19-3-2-4-20-41/h5-16,23-24,29H,2-4,17-22,25-26H2,1H3,(H,40,43). The molecule has 0 unspecified atom stereocenters. The smallest absolute Gasteiger partial charge is 0.416 e. The fourth-order valence-electron chi connectivity index (χ4n) is 5.74. The van der Waals surface area contributed by atoms with Crippen molar-refractivity contribution < 1.29 is 23.8 Å². The van der Waals surface area contributed by atoms with Gasteiger partial charge in [-0.05, 0) is 105 Å². The molecule has 2 aliphatic heterocycles. The Labute approximate surface area is 275 Å². The van der Waals surface area contributed by atoms with Gasteiger partial charge in [-0.1, -0.05) is 24.6 Å². The fourth-order valence-corrected chi connectivity index (χ4v) is 5.74. The topological polar surface area (TPSA) is 106 Å². The molecule has 10 nitrogen and oxygen atoms in total. The number of carbonyl (C=O) groups is 2. The molecule has 2 fully saturated rings. The number of aromatic nitrogens is 2. The van der Waals surface area contributed by atoms with E-state index >= 15 is 0 Å². The molecule has 0 aliphatic carbocycles. The molecule has 0 atom stereocenters. The van der Waals surface area contributed by atoms with E-state index in [2.05, 4.69) is 20.2 Å². The number of likely N-dealkylation sites (tertiary alicyclic amines) is 2. The van der Waals surface area contributed by atoms with E-state index in [4.69, 9.17) is 14.2 Å². The van der Waals surface area contributed by atoms with E-state index in [1.807, 2.05) is 67.6 Å². The van der Waals surface area contributed by atoms with E-state index in [1.165, 1.54) is 31.0 Å². The maximum atomic E-state index is 12.8. The van der Waals surface area contributed by atoms with Crippen LogP contribution in [-0.4, -0.2) is 64.6 Å². The van der Waals surface area contributed by atoms with Gasteiger partial charge in [-0.15, -0.1) is 0 Å². The summed E-state index contributed by atoms with van der Waals surface area (Å²) in [6, 6.07) is 22.3. The van der Waals surface area contributed by atoms with Crippen molar-refractivity contribution >= 4 is 17.7 Å². The van der Waals surface area contributed by atoms with Gasteiger partial charge in [0.1, 0.15) is 11.5 Å². The number of piperidine rings is 2. The van der Waals surface area contributed by atoms with Gasteiger partial charge in [0, 0.05) is 43.5 Å². The van der Waals surface area contributed by atoms with Crippen molar-refractivity contribution in [3.8, 4) is 23.3 Å². The van der Waals surface area contributed by atoms with Crippen molar-refractivity contribution in [3.05, 3.63) is 102 Å². The van der Waals surface area contributed by atoms with Crippen LogP contribution in [0.25, 0.3) is 0 Å². The number of amides is 2. The number of hydrogen-bond donors (Lipinski definition) is 1. The highest BCUT2D eigenvalue weighted by molar-refractivity contribution is 6.04. The molecule has 4 aromatic rings. The second kappa shape index (κ2) is 15.6. The molecule has 1 N–H and O–H groups in total. The van der Waals surface area contributed by atoms with E-state index in [0.29, 0.717) is 48.5 Å². The molecule has 2 saturated heterocycles. The van der Waals surface area contributed by atoms with E-state index in [0.717, 1.165) is 43.8 Å². The van der Waals surface area contributed by atoms with Crippen molar-refractivity contribution in [1.29, 1.82) is 0 Å². The first-order chi connectivity index (χ1) is 23.0. The summed E-state index contributed by atoms with van der Waals surface area (Å²) in [5.74, 6) is 2.31. The van der Waals surface area contributed by atoms with Crippen LogP contribution in [-0.2, 0) is 6.54 Å². The lowest BCUT2D eigenvalue weighted by Gasteiger charge is -2.30. The zero-order valence-corrected chi connectivity index (χ0v) is 26.8. The number of benzene rings is 2. The fraction of sp³-hybridized carbons (Fsp3) is 0.351. The molecular formula is C37H41N5O5.